The molecule has 1 aromatic carbocycles. The van der Waals surface area contributed by atoms with Gasteiger partial charge in [0.25, 0.3) is 0 Å². The van der Waals surface area contributed by atoms with E-state index >= 15 is 0 Å². The second kappa shape index (κ2) is 11.1. The van der Waals surface area contributed by atoms with E-state index in [1.54, 1.807) is 24.3 Å². The van der Waals surface area contributed by atoms with Gasteiger partial charge in [0.2, 0.25) is 0 Å². The first kappa shape index (κ1) is 25.2. The number of allylic oxidation sites excluding steroid dienone is 1. The van der Waals surface area contributed by atoms with Gasteiger partial charge in [-0.05, 0) is 50.6 Å². The molecule has 8 nitrogen and oxygen atoms in total. The number of para-hydroxylation sites is 1. The maximum Gasteiger partial charge on any atom is 0.124 e. The van der Waals surface area contributed by atoms with Crippen LogP contribution in [0.1, 0.15) is 38.2 Å². The van der Waals surface area contributed by atoms with Gasteiger partial charge >= 0.3 is 0 Å². The highest BCUT2D eigenvalue weighted by molar-refractivity contribution is 5.69. The molecule has 1 aromatic rings. The number of phenolic OH excluding ortho intramolecular Hbond substituents is 1. The number of hydrogen-bond donors (Lipinski definition) is 5. The summed E-state index contributed by atoms with van der Waals surface area (Å²) in [6.07, 6.45) is 6.65. The van der Waals surface area contributed by atoms with Gasteiger partial charge in [-0.25, -0.2) is 0 Å². The van der Waals surface area contributed by atoms with Crippen LogP contribution in [0.15, 0.2) is 41.9 Å². The number of nitrogens with zero attached hydrogens (tertiary/aromatic N) is 3. The third-order valence-electron chi connectivity index (χ3n) is 7.24. The van der Waals surface area contributed by atoms with Gasteiger partial charge in [0.1, 0.15) is 11.6 Å². The molecule has 2 fully saturated rings. The molecule has 2 aliphatic rings. The summed E-state index contributed by atoms with van der Waals surface area (Å²) >= 11 is 0. The highest BCUT2D eigenvalue weighted by atomic mass is 16.3. The third kappa shape index (κ3) is 5.93. The summed E-state index contributed by atoms with van der Waals surface area (Å²) in [5.74, 6) is 1.06. The summed E-state index contributed by atoms with van der Waals surface area (Å²) < 4.78 is 0. The molecule has 2 heterocycles. The van der Waals surface area contributed by atoms with E-state index in [-0.39, 0.29) is 17.1 Å². The first-order valence-corrected chi connectivity index (χ1v) is 12.2. The van der Waals surface area contributed by atoms with Crippen molar-refractivity contribution < 1.29 is 5.11 Å². The van der Waals surface area contributed by atoms with Gasteiger partial charge < -0.3 is 32.9 Å². The summed E-state index contributed by atoms with van der Waals surface area (Å²) in [6, 6.07) is 7.03. The van der Waals surface area contributed by atoms with Crippen LogP contribution in [0.5, 0.6) is 5.75 Å². The van der Waals surface area contributed by atoms with Crippen molar-refractivity contribution in [1.82, 2.24) is 14.7 Å². The lowest BCUT2D eigenvalue weighted by molar-refractivity contribution is -0.0863. The van der Waals surface area contributed by atoms with Crippen molar-refractivity contribution in [3.63, 3.8) is 0 Å². The van der Waals surface area contributed by atoms with Crippen LogP contribution in [0, 0.1) is 5.92 Å². The van der Waals surface area contributed by atoms with E-state index in [1.165, 1.54) is 19.3 Å². The van der Waals surface area contributed by atoms with E-state index in [2.05, 4.69) is 28.7 Å². The van der Waals surface area contributed by atoms with Crippen LogP contribution in [-0.2, 0) is 0 Å². The smallest absolute Gasteiger partial charge is 0.124 e. The average Bonchev–Trinajstić information content (AvgIpc) is 2.76. The number of phenols is 1. The van der Waals surface area contributed by atoms with Gasteiger partial charge in [-0.3, -0.25) is 9.80 Å². The summed E-state index contributed by atoms with van der Waals surface area (Å²) in [7, 11) is 2.21. The number of nitrogens with two attached hydrogens (primary N) is 4. The van der Waals surface area contributed by atoms with Crippen molar-refractivity contribution in [2.24, 2.45) is 28.9 Å². The molecule has 0 bridgehead atoms. The monoisotopic (exact) mass is 457 g/mol. The van der Waals surface area contributed by atoms with Gasteiger partial charge in [0.05, 0.1) is 11.2 Å². The molecule has 3 rings (SSSR count). The second-order valence-electron chi connectivity index (χ2n) is 9.78. The number of aromatic hydroxyl groups is 1. The van der Waals surface area contributed by atoms with Crippen LogP contribution in [0.4, 0.5) is 0 Å². The molecule has 0 aliphatic carbocycles. The summed E-state index contributed by atoms with van der Waals surface area (Å²) in [5, 5.41) is 10.2. The van der Waals surface area contributed by atoms with Crippen molar-refractivity contribution in [2.75, 3.05) is 52.9 Å². The van der Waals surface area contributed by atoms with Crippen LogP contribution in [-0.4, -0.2) is 78.2 Å². The first-order valence-electron chi connectivity index (χ1n) is 12.2. The number of likely N-dealkylation sites (tertiary alicyclic amines) is 1. The molecule has 2 aliphatic heterocycles. The summed E-state index contributed by atoms with van der Waals surface area (Å²) in [6.45, 7) is 8.78. The lowest BCUT2D eigenvalue weighted by Gasteiger charge is -2.60. The minimum atomic E-state index is 0.0778. The van der Waals surface area contributed by atoms with Crippen LogP contribution in [0.25, 0.3) is 5.70 Å². The highest BCUT2D eigenvalue weighted by Crippen LogP contribution is 2.34. The second-order valence-corrected chi connectivity index (χ2v) is 9.78. The number of likely N-dealkylation sites (N-methyl/N-ethyl adjacent to an activating group) is 1. The van der Waals surface area contributed by atoms with E-state index in [1.807, 2.05) is 6.07 Å². The van der Waals surface area contributed by atoms with Crippen LogP contribution in [0.2, 0.25) is 0 Å². The van der Waals surface area contributed by atoms with Gasteiger partial charge in [-0.1, -0.05) is 31.9 Å². The van der Waals surface area contributed by atoms with Crippen molar-refractivity contribution in [3.8, 4) is 5.75 Å². The predicted octanol–water partition coefficient (Wildman–Crippen LogP) is 1.24. The maximum absolute atomic E-state index is 10.2. The summed E-state index contributed by atoms with van der Waals surface area (Å²) in [5.41, 5.74) is 26.2. The zero-order valence-corrected chi connectivity index (χ0v) is 20.3. The molecule has 8 heteroatoms. The molecule has 1 unspecified atom stereocenters. The Morgan fingerprint density at radius 3 is 2.48 bits per heavy atom. The number of benzene rings is 1. The van der Waals surface area contributed by atoms with Crippen molar-refractivity contribution in [3.05, 3.63) is 47.4 Å². The highest BCUT2D eigenvalue weighted by Gasteiger charge is 2.49. The molecular weight excluding hydrogens is 414 g/mol. The number of unbranched alkanes of at least 4 members (excludes halogenated alkanes) is 1. The van der Waals surface area contributed by atoms with Gasteiger partial charge in [0, 0.05) is 50.5 Å². The molecule has 1 spiro atoms. The zero-order valence-electron chi connectivity index (χ0n) is 20.3. The van der Waals surface area contributed by atoms with Crippen LogP contribution in [0.3, 0.4) is 0 Å². The van der Waals surface area contributed by atoms with E-state index in [9.17, 15) is 5.11 Å². The fourth-order valence-corrected chi connectivity index (χ4v) is 5.25. The minimum absolute atomic E-state index is 0.0778. The summed E-state index contributed by atoms with van der Waals surface area (Å²) in [4.78, 5) is 7.29. The number of hydrogen-bond acceptors (Lipinski definition) is 8. The van der Waals surface area contributed by atoms with E-state index in [0.717, 1.165) is 57.9 Å². The predicted molar refractivity (Wildman–Crippen MR) is 136 cm³/mol. The van der Waals surface area contributed by atoms with E-state index < -0.39 is 0 Å². The maximum atomic E-state index is 10.2. The largest absolute Gasteiger partial charge is 0.507 e. The molecule has 0 saturated carbocycles. The Hall–Kier alpha value is -2.42. The number of rotatable bonds is 10. The standard InChI is InChI=1S/C25H43N7O/c1-3-4-7-19(10-11-26)15-31-16-25(17-31)18-32(13-12-30(25)2)22(24(28)29)14-21(27)20-8-5-6-9-23(20)33/h5-6,8-9,14,19,33H,3-4,7,10-13,15-18,26-29H2,1-2H3/b21-14-. The van der Waals surface area contributed by atoms with Gasteiger partial charge in [0.15, 0.2) is 0 Å². The van der Waals surface area contributed by atoms with Crippen molar-refractivity contribution >= 4 is 5.70 Å². The third-order valence-corrected chi connectivity index (χ3v) is 7.24. The first-order chi connectivity index (χ1) is 15.8. The topological polar surface area (TPSA) is 134 Å². The molecule has 184 valence electrons. The molecule has 2 saturated heterocycles. The Morgan fingerprint density at radius 1 is 1.12 bits per heavy atom. The fraction of sp³-hybridized carbons (Fsp3) is 0.600. The average molecular weight is 458 g/mol. The zero-order chi connectivity index (χ0) is 24.0. The lowest BCUT2D eigenvalue weighted by atomic mass is 9.83. The van der Waals surface area contributed by atoms with E-state index in [4.69, 9.17) is 22.9 Å². The molecule has 9 N–H and O–H groups in total. The van der Waals surface area contributed by atoms with Gasteiger partial charge in [-0.2, -0.15) is 0 Å². The SMILES string of the molecule is CCCCC(CCN)CN1CC2(C1)CN(C(/C=C(\N)c1ccccc1O)=C(N)N)CCN2C. The molecule has 0 radical (unpaired) electrons. The molecule has 33 heavy (non-hydrogen) atoms. The minimum Gasteiger partial charge on any atom is -0.507 e. The Kier molecular flexibility index (Phi) is 8.51. The molecule has 0 aromatic heterocycles. The Balaban J connectivity index is 1.70. The molecular formula is C25H43N7O. The van der Waals surface area contributed by atoms with Gasteiger partial charge in [-0.15, -0.1) is 0 Å². The van der Waals surface area contributed by atoms with Crippen molar-refractivity contribution in [1.29, 1.82) is 0 Å². The Bertz CT molecular complexity index is 843. The quantitative estimate of drug-likeness (QED) is 0.331. The van der Waals surface area contributed by atoms with Crippen LogP contribution < -0.4 is 22.9 Å². The lowest BCUT2D eigenvalue weighted by Crippen LogP contribution is -2.76. The Labute approximate surface area is 198 Å². The number of piperazine rings is 1. The molecule has 0 amide bonds. The van der Waals surface area contributed by atoms with Crippen LogP contribution >= 0.6 is 0 Å². The normalized spacial score (nSPS) is 20.0. The Morgan fingerprint density at radius 2 is 1.85 bits per heavy atom. The fourth-order valence-electron chi connectivity index (χ4n) is 5.25. The van der Waals surface area contributed by atoms with Crippen molar-refractivity contribution in [2.45, 2.75) is 38.1 Å². The molecule has 1 atom stereocenters. The van der Waals surface area contributed by atoms with E-state index in [0.29, 0.717) is 17.2 Å².